The van der Waals surface area contributed by atoms with E-state index in [1.807, 2.05) is 13.8 Å². The standard InChI is InChI=1S/C14H13Cl3N2O2/c1-7(2)20-14-11(18)3-4-13(19-14)21-12-6-9(16)8(15)5-10(12)17/h3-7H,18H2,1-2H3. The molecule has 1 heterocycles. The van der Waals surface area contributed by atoms with Crippen LogP contribution in [0.1, 0.15) is 13.8 Å². The van der Waals surface area contributed by atoms with Crippen molar-refractivity contribution < 1.29 is 9.47 Å². The highest BCUT2D eigenvalue weighted by molar-refractivity contribution is 6.43. The predicted molar refractivity (Wildman–Crippen MR) is 86.0 cm³/mol. The summed E-state index contributed by atoms with van der Waals surface area (Å²) >= 11 is 17.9. The van der Waals surface area contributed by atoms with E-state index in [-0.39, 0.29) is 6.10 Å². The third-order valence-corrected chi connectivity index (χ3v) is 3.42. The number of pyridine rings is 1. The van der Waals surface area contributed by atoms with E-state index >= 15 is 0 Å². The maximum Gasteiger partial charge on any atom is 0.240 e. The third kappa shape index (κ3) is 4.06. The van der Waals surface area contributed by atoms with Gasteiger partial charge in [0.25, 0.3) is 0 Å². The number of nitrogens with two attached hydrogens (primary N) is 1. The number of nitrogens with zero attached hydrogens (tertiary/aromatic N) is 1. The van der Waals surface area contributed by atoms with Gasteiger partial charge in [-0.2, -0.15) is 4.98 Å². The SMILES string of the molecule is CC(C)Oc1nc(Oc2cc(Cl)c(Cl)cc2Cl)ccc1N. The predicted octanol–water partition coefficient (Wildman–Crippen LogP) is 5.20. The van der Waals surface area contributed by atoms with E-state index in [2.05, 4.69) is 4.98 Å². The monoisotopic (exact) mass is 346 g/mol. The average Bonchev–Trinajstić information content (AvgIpc) is 2.39. The van der Waals surface area contributed by atoms with E-state index in [1.54, 1.807) is 12.1 Å². The molecule has 4 nitrogen and oxygen atoms in total. The summed E-state index contributed by atoms with van der Waals surface area (Å²) in [5, 5.41) is 1.02. The zero-order valence-corrected chi connectivity index (χ0v) is 13.6. The number of anilines is 1. The highest BCUT2D eigenvalue weighted by Gasteiger charge is 2.11. The van der Waals surface area contributed by atoms with E-state index < -0.39 is 0 Å². The summed E-state index contributed by atoms with van der Waals surface area (Å²) < 4.78 is 11.1. The van der Waals surface area contributed by atoms with Gasteiger partial charge in [-0.25, -0.2) is 0 Å². The Labute approximate surface area is 137 Å². The highest BCUT2D eigenvalue weighted by atomic mass is 35.5. The molecule has 2 aromatic rings. The lowest BCUT2D eigenvalue weighted by Gasteiger charge is -2.13. The second-order valence-electron chi connectivity index (χ2n) is 4.51. The van der Waals surface area contributed by atoms with Crippen LogP contribution in [0.4, 0.5) is 5.69 Å². The van der Waals surface area contributed by atoms with Crippen molar-refractivity contribution in [3.8, 4) is 17.5 Å². The number of ether oxygens (including phenoxy) is 2. The van der Waals surface area contributed by atoms with Gasteiger partial charge in [-0.3, -0.25) is 0 Å². The lowest BCUT2D eigenvalue weighted by Crippen LogP contribution is -2.09. The first kappa shape index (κ1) is 16.0. The summed E-state index contributed by atoms with van der Waals surface area (Å²) in [7, 11) is 0. The van der Waals surface area contributed by atoms with Gasteiger partial charge in [0.15, 0.2) is 0 Å². The molecule has 0 aliphatic rings. The van der Waals surface area contributed by atoms with Gasteiger partial charge in [0.2, 0.25) is 11.8 Å². The quantitative estimate of drug-likeness (QED) is 0.772. The number of benzene rings is 1. The van der Waals surface area contributed by atoms with Crippen molar-refractivity contribution in [2.24, 2.45) is 0 Å². The average molecular weight is 348 g/mol. The lowest BCUT2D eigenvalue weighted by molar-refractivity contribution is 0.232. The summed E-state index contributed by atoms with van der Waals surface area (Å²) in [4.78, 5) is 4.20. The van der Waals surface area contributed by atoms with Gasteiger partial charge in [0, 0.05) is 12.1 Å². The fourth-order valence-corrected chi connectivity index (χ4v) is 2.08. The Kier molecular flexibility index (Phi) is 5.04. The van der Waals surface area contributed by atoms with Crippen LogP contribution in [0, 0.1) is 0 Å². The molecule has 1 aromatic carbocycles. The minimum Gasteiger partial charge on any atom is -0.473 e. The van der Waals surface area contributed by atoms with Crippen LogP contribution < -0.4 is 15.2 Å². The maximum absolute atomic E-state index is 6.05. The second-order valence-corrected chi connectivity index (χ2v) is 5.73. The van der Waals surface area contributed by atoms with Crippen molar-refractivity contribution in [1.29, 1.82) is 0 Å². The summed E-state index contributed by atoms with van der Waals surface area (Å²) in [6, 6.07) is 6.28. The Hall–Kier alpha value is -1.36. The van der Waals surface area contributed by atoms with Crippen molar-refractivity contribution in [2.45, 2.75) is 20.0 Å². The first-order valence-corrected chi connectivity index (χ1v) is 7.25. The third-order valence-electron chi connectivity index (χ3n) is 2.40. The number of hydrogen-bond donors (Lipinski definition) is 1. The Balaban J connectivity index is 2.30. The largest absolute Gasteiger partial charge is 0.473 e. The summed E-state index contributed by atoms with van der Waals surface area (Å²) in [5.41, 5.74) is 6.22. The first-order valence-electron chi connectivity index (χ1n) is 6.12. The molecular weight excluding hydrogens is 335 g/mol. The van der Waals surface area contributed by atoms with Crippen molar-refractivity contribution in [3.05, 3.63) is 39.3 Å². The molecule has 0 aliphatic carbocycles. The van der Waals surface area contributed by atoms with Crippen molar-refractivity contribution in [1.82, 2.24) is 4.98 Å². The molecule has 0 spiro atoms. The molecule has 21 heavy (non-hydrogen) atoms. The smallest absolute Gasteiger partial charge is 0.240 e. The fourth-order valence-electron chi connectivity index (χ4n) is 1.50. The van der Waals surface area contributed by atoms with Crippen LogP contribution in [-0.4, -0.2) is 11.1 Å². The van der Waals surface area contributed by atoms with Crippen LogP contribution in [0.3, 0.4) is 0 Å². The summed E-state index contributed by atoms with van der Waals surface area (Å²) in [6.07, 6.45) is -0.0522. The number of halogens is 3. The molecule has 0 bridgehead atoms. The van der Waals surface area contributed by atoms with Crippen LogP contribution in [0.15, 0.2) is 24.3 Å². The topological polar surface area (TPSA) is 57.4 Å². The van der Waals surface area contributed by atoms with Gasteiger partial charge in [-0.05, 0) is 26.0 Å². The first-order chi connectivity index (χ1) is 9.86. The van der Waals surface area contributed by atoms with Crippen molar-refractivity contribution in [2.75, 3.05) is 5.73 Å². The van der Waals surface area contributed by atoms with Crippen LogP contribution in [-0.2, 0) is 0 Å². The van der Waals surface area contributed by atoms with Gasteiger partial charge in [0.1, 0.15) is 5.75 Å². The van der Waals surface area contributed by atoms with Gasteiger partial charge in [0.05, 0.1) is 26.9 Å². The molecule has 0 saturated carbocycles. The molecule has 1 aromatic heterocycles. The normalized spacial score (nSPS) is 10.8. The highest BCUT2D eigenvalue weighted by Crippen LogP contribution is 2.36. The summed E-state index contributed by atoms with van der Waals surface area (Å²) in [6.45, 7) is 3.76. The molecule has 0 aliphatic heterocycles. The molecule has 0 unspecified atom stereocenters. The maximum atomic E-state index is 6.05. The zero-order chi connectivity index (χ0) is 15.6. The molecule has 0 atom stereocenters. The number of nitrogen functional groups attached to an aromatic ring is 1. The second kappa shape index (κ2) is 6.60. The van der Waals surface area contributed by atoms with Crippen LogP contribution in [0.25, 0.3) is 0 Å². The van der Waals surface area contributed by atoms with Crippen LogP contribution in [0.5, 0.6) is 17.5 Å². The molecule has 2 rings (SSSR count). The summed E-state index contributed by atoms with van der Waals surface area (Å²) in [5.74, 6) is 0.942. The van der Waals surface area contributed by atoms with Crippen LogP contribution >= 0.6 is 34.8 Å². The van der Waals surface area contributed by atoms with E-state index in [0.717, 1.165) is 0 Å². The van der Waals surface area contributed by atoms with E-state index in [0.29, 0.717) is 38.3 Å². The number of hydrogen-bond acceptors (Lipinski definition) is 4. The molecule has 112 valence electrons. The molecule has 0 saturated heterocycles. The molecule has 0 amide bonds. The van der Waals surface area contributed by atoms with E-state index in [9.17, 15) is 0 Å². The number of rotatable bonds is 4. The fraction of sp³-hybridized carbons (Fsp3) is 0.214. The zero-order valence-electron chi connectivity index (χ0n) is 11.4. The molecule has 7 heteroatoms. The lowest BCUT2D eigenvalue weighted by atomic mass is 10.3. The van der Waals surface area contributed by atoms with Crippen molar-refractivity contribution in [3.63, 3.8) is 0 Å². The van der Waals surface area contributed by atoms with Crippen molar-refractivity contribution >= 4 is 40.5 Å². The molecular formula is C14H13Cl3N2O2. The van der Waals surface area contributed by atoms with Crippen LogP contribution in [0.2, 0.25) is 15.1 Å². The molecule has 2 N–H and O–H groups in total. The minimum absolute atomic E-state index is 0.0522. The number of aromatic nitrogens is 1. The van der Waals surface area contributed by atoms with E-state index in [4.69, 9.17) is 50.0 Å². The Morgan fingerprint density at radius 2 is 1.71 bits per heavy atom. The van der Waals surface area contributed by atoms with Gasteiger partial charge in [-0.1, -0.05) is 34.8 Å². The van der Waals surface area contributed by atoms with E-state index in [1.165, 1.54) is 12.1 Å². The Bertz CT molecular complexity index is 663. The van der Waals surface area contributed by atoms with Gasteiger partial charge < -0.3 is 15.2 Å². The van der Waals surface area contributed by atoms with Gasteiger partial charge >= 0.3 is 0 Å². The molecule has 0 radical (unpaired) electrons. The Morgan fingerprint density at radius 1 is 1.05 bits per heavy atom. The minimum atomic E-state index is -0.0522. The Morgan fingerprint density at radius 3 is 2.38 bits per heavy atom. The molecule has 0 fully saturated rings. The van der Waals surface area contributed by atoms with Gasteiger partial charge in [-0.15, -0.1) is 0 Å².